The largest absolute Gasteiger partial charge is 0.352 e. The summed E-state index contributed by atoms with van der Waals surface area (Å²) in [5.74, 6) is -0.590. The second-order valence-corrected chi connectivity index (χ2v) is 7.43. The topological polar surface area (TPSA) is 98.7 Å². The maximum atomic E-state index is 12.1. The van der Waals surface area contributed by atoms with Gasteiger partial charge in [0, 0.05) is 17.1 Å². The van der Waals surface area contributed by atoms with Crippen molar-refractivity contribution in [2.45, 2.75) is 11.4 Å². The summed E-state index contributed by atoms with van der Waals surface area (Å²) in [7, 11) is -3.57. The number of carbonyl (C=O) groups excluding carboxylic acids is 1. The molecule has 9 heteroatoms. The van der Waals surface area contributed by atoms with Crippen LogP contribution in [0.3, 0.4) is 0 Å². The fourth-order valence-corrected chi connectivity index (χ4v) is 3.95. The number of halogens is 1. The molecule has 1 aliphatic rings. The van der Waals surface area contributed by atoms with Crippen LogP contribution >= 0.6 is 11.6 Å². The molecule has 126 valence electrons. The number of hydroxylamine groups is 1. The Bertz CT molecular complexity index is 884. The molecule has 24 heavy (non-hydrogen) atoms. The predicted molar refractivity (Wildman–Crippen MR) is 88.5 cm³/mol. The Morgan fingerprint density at radius 2 is 1.96 bits per heavy atom. The van der Waals surface area contributed by atoms with Crippen LogP contribution in [0.15, 0.2) is 47.4 Å². The molecular weight excluding hydrogens is 354 g/mol. The van der Waals surface area contributed by atoms with Crippen LogP contribution in [0.25, 0.3) is 0 Å². The monoisotopic (exact) mass is 367 g/mol. The Morgan fingerprint density at radius 3 is 2.62 bits per heavy atom. The van der Waals surface area contributed by atoms with E-state index >= 15 is 0 Å². The molecule has 0 fully saturated rings. The van der Waals surface area contributed by atoms with Crippen molar-refractivity contribution in [3.63, 3.8) is 0 Å². The molecule has 0 atom stereocenters. The first-order chi connectivity index (χ1) is 11.4. The second kappa shape index (κ2) is 6.40. The Labute approximate surface area is 143 Å². The fraction of sp³-hybridized carbons (Fsp3) is 0.133. The molecule has 0 saturated carbocycles. The lowest BCUT2D eigenvalue weighted by molar-refractivity contribution is 0.0706. The highest BCUT2D eigenvalue weighted by Crippen LogP contribution is 2.31. The molecular formula is C15H14ClN3O4S. The number of hydrogen-bond acceptors (Lipinski definition) is 5. The van der Waals surface area contributed by atoms with Crippen LogP contribution in [-0.2, 0) is 16.6 Å². The molecule has 0 aliphatic carbocycles. The molecule has 3 N–H and O–H groups in total. The molecule has 0 aromatic heterocycles. The summed E-state index contributed by atoms with van der Waals surface area (Å²) < 4.78 is 26.7. The van der Waals surface area contributed by atoms with Gasteiger partial charge >= 0.3 is 0 Å². The van der Waals surface area contributed by atoms with Gasteiger partial charge in [-0.05, 0) is 35.9 Å². The second-order valence-electron chi connectivity index (χ2n) is 5.25. The quantitative estimate of drug-likeness (QED) is 0.566. The summed E-state index contributed by atoms with van der Waals surface area (Å²) in [4.78, 5) is 13.3. The van der Waals surface area contributed by atoms with E-state index in [1.54, 1.807) is 41.9 Å². The molecule has 0 bridgehead atoms. The SMILES string of the molecule is O=C(NO)c1ccc(CN2CNS(=O)(=O)c3cc(Cl)ccc32)cc1. The first-order valence-electron chi connectivity index (χ1n) is 6.98. The van der Waals surface area contributed by atoms with Crippen molar-refractivity contribution < 1.29 is 18.4 Å². The van der Waals surface area contributed by atoms with E-state index < -0.39 is 15.9 Å². The van der Waals surface area contributed by atoms with Crippen LogP contribution in [0.5, 0.6) is 0 Å². The summed E-state index contributed by atoms with van der Waals surface area (Å²) in [6.45, 7) is 0.577. The molecule has 1 heterocycles. The van der Waals surface area contributed by atoms with E-state index in [0.29, 0.717) is 22.8 Å². The summed E-state index contributed by atoms with van der Waals surface area (Å²) >= 11 is 5.90. The minimum absolute atomic E-state index is 0.135. The average molecular weight is 368 g/mol. The van der Waals surface area contributed by atoms with Crippen LogP contribution in [0, 0.1) is 0 Å². The number of rotatable bonds is 3. The van der Waals surface area contributed by atoms with Gasteiger partial charge in [-0.1, -0.05) is 23.7 Å². The molecule has 2 aromatic carbocycles. The number of amides is 1. The van der Waals surface area contributed by atoms with Crippen molar-refractivity contribution in [3.05, 3.63) is 58.6 Å². The van der Waals surface area contributed by atoms with Gasteiger partial charge in [-0.25, -0.2) is 13.9 Å². The van der Waals surface area contributed by atoms with Crippen molar-refractivity contribution in [2.24, 2.45) is 0 Å². The summed E-state index contributed by atoms with van der Waals surface area (Å²) in [6.07, 6.45) is 0. The van der Waals surface area contributed by atoms with Crippen molar-refractivity contribution in [3.8, 4) is 0 Å². The average Bonchev–Trinajstić information content (AvgIpc) is 2.58. The lowest BCUT2D eigenvalue weighted by atomic mass is 10.1. The first kappa shape index (κ1) is 16.7. The maximum Gasteiger partial charge on any atom is 0.274 e. The van der Waals surface area contributed by atoms with Gasteiger partial charge in [-0.2, -0.15) is 4.72 Å². The molecule has 1 amide bonds. The van der Waals surface area contributed by atoms with Gasteiger partial charge in [-0.15, -0.1) is 0 Å². The summed E-state index contributed by atoms with van der Waals surface area (Å²) in [5, 5.41) is 8.96. The zero-order chi connectivity index (χ0) is 17.3. The van der Waals surface area contributed by atoms with Crippen LogP contribution in [0.1, 0.15) is 15.9 Å². The molecule has 7 nitrogen and oxygen atoms in total. The predicted octanol–water partition coefficient (Wildman–Crippen LogP) is 1.72. The highest BCUT2D eigenvalue weighted by atomic mass is 35.5. The van der Waals surface area contributed by atoms with E-state index in [4.69, 9.17) is 16.8 Å². The van der Waals surface area contributed by atoms with E-state index in [2.05, 4.69) is 4.72 Å². The normalized spacial score (nSPS) is 15.7. The number of benzene rings is 2. The molecule has 1 aliphatic heterocycles. The van der Waals surface area contributed by atoms with E-state index in [0.717, 1.165) is 5.56 Å². The number of fused-ring (bicyclic) bond motifs is 1. The van der Waals surface area contributed by atoms with Gasteiger partial charge in [0.05, 0.1) is 12.4 Å². The molecule has 0 spiro atoms. The summed E-state index contributed by atoms with van der Waals surface area (Å²) in [5.41, 5.74) is 3.34. The Morgan fingerprint density at radius 1 is 1.25 bits per heavy atom. The van der Waals surface area contributed by atoms with Crippen molar-refractivity contribution in [1.82, 2.24) is 10.2 Å². The zero-order valence-electron chi connectivity index (χ0n) is 12.4. The highest BCUT2D eigenvalue weighted by Gasteiger charge is 2.28. The number of carbonyl (C=O) groups is 1. The van der Waals surface area contributed by atoms with Crippen molar-refractivity contribution in [1.29, 1.82) is 0 Å². The van der Waals surface area contributed by atoms with Gasteiger partial charge in [0.15, 0.2) is 0 Å². The lowest BCUT2D eigenvalue weighted by Crippen LogP contribution is -2.42. The van der Waals surface area contributed by atoms with Crippen LogP contribution in [-0.4, -0.2) is 26.2 Å². The number of anilines is 1. The van der Waals surface area contributed by atoms with Gasteiger partial charge in [-0.3, -0.25) is 10.0 Å². The standard InChI is InChI=1S/C15H14ClN3O4S/c16-12-5-6-13-14(7-12)24(22,23)17-9-19(13)8-10-1-3-11(4-2-10)15(20)18-21/h1-7,17,21H,8-9H2,(H,18,20). The van der Waals surface area contributed by atoms with Crippen LogP contribution in [0.4, 0.5) is 5.69 Å². The Balaban J connectivity index is 1.88. The fourth-order valence-electron chi connectivity index (χ4n) is 2.48. The van der Waals surface area contributed by atoms with E-state index in [-0.39, 0.29) is 11.6 Å². The van der Waals surface area contributed by atoms with Crippen molar-refractivity contribution >= 4 is 33.2 Å². The zero-order valence-corrected chi connectivity index (χ0v) is 13.9. The highest BCUT2D eigenvalue weighted by molar-refractivity contribution is 7.89. The minimum Gasteiger partial charge on any atom is -0.352 e. The molecule has 0 unspecified atom stereocenters. The van der Waals surface area contributed by atoms with Crippen LogP contribution < -0.4 is 15.1 Å². The molecule has 2 aromatic rings. The first-order valence-corrected chi connectivity index (χ1v) is 8.84. The number of nitrogens with one attached hydrogen (secondary N) is 2. The van der Waals surface area contributed by atoms with E-state index in [1.165, 1.54) is 6.07 Å². The Hall–Kier alpha value is -2.13. The van der Waals surface area contributed by atoms with E-state index in [9.17, 15) is 13.2 Å². The smallest absolute Gasteiger partial charge is 0.274 e. The van der Waals surface area contributed by atoms with Gasteiger partial charge in [0.25, 0.3) is 5.91 Å². The van der Waals surface area contributed by atoms with Gasteiger partial charge in [0.1, 0.15) is 4.90 Å². The van der Waals surface area contributed by atoms with E-state index in [1.807, 2.05) is 4.90 Å². The third-order valence-corrected chi connectivity index (χ3v) is 5.34. The minimum atomic E-state index is -3.57. The number of sulfonamides is 1. The third kappa shape index (κ3) is 3.22. The molecule has 3 rings (SSSR count). The van der Waals surface area contributed by atoms with Crippen LogP contribution in [0.2, 0.25) is 5.02 Å². The Kier molecular flexibility index (Phi) is 4.46. The lowest BCUT2D eigenvalue weighted by Gasteiger charge is -2.31. The summed E-state index contributed by atoms with van der Waals surface area (Å²) in [6, 6.07) is 11.4. The number of nitrogens with zero attached hydrogens (tertiary/aromatic N) is 1. The number of hydrogen-bond donors (Lipinski definition) is 3. The van der Waals surface area contributed by atoms with Crippen molar-refractivity contribution in [2.75, 3.05) is 11.6 Å². The molecule has 0 radical (unpaired) electrons. The van der Waals surface area contributed by atoms with Gasteiger partial charge in [0.2, 0.25) is 10.0 Å². The molecule has 0 saturated heterocycles. The third-order valence-electron chi connectivity index (χ3n) is 3.69. The maximum absolute atomic E-state index is 12.1. The van der Waals surface area contributed by atoms with Gasteiger partial charge < -0.3 is 4.90 Å².